The maximum atomic E-state index is 13.8. The van der Waals surface area contributed by atoms with Crippen molar-refractivity contribution < 1.29 is 14.4 Å². The van der Waals surface area contributed by atoms with E-state index in [1.165, 1.54) is 0 Å². The van der Waals surface area contributed by atoms with Crippen LogP contribution < -0.4 is 5.32 Å². The Labute approximate surface area is 199 Å². The molecule has 4 nitrogen and oxygen atoms in total. The highest BCUT2D eigenvalue weighted by molar-refractivity contribution is 6.45. The van der Waals surface area contributed by atoms with Crippen molar-refractivity contribution in [1.29, 1.82) is 0 Å². The van der Waals surface area contributed by atoms with Crippen LogP contribution >= 0.6 is 0 Å². The lowest BCUT2D eigenvalue weighted by Gasteiger charge is -2.26. The number of ketones is 2. The second-order valence-electron chi connectivity index (χ2n) is 8.19. The van der Waals surface area contributed by atoms with E-state index in [1.807, 2.05) is 85.8 Å². The summed E-state index contributed by atoms with van der Waals surface area (Å²) < 4.78 is 0. The van der Waals surface area contributed by atoms with Crippen molar-refractivity contribution in [3.63, 3.8) is 0 Å². The number of aryl methyl sites for hydroxylation is 1. The van der Waals surface area contributed by atoms with Crippen molar-refractivity contribution in [3.05, 3.63) is 138 Å². The Kier molecular flexibility index (Phi) is 7.09. The van der Waals surface area contributed by atoms with E-state index in [0.717, 1.165) is 16.7 Å². The predicted molar refractivity (Wildman–Crippen MR) is 134 cm³/mol. The van der Waals surface area contributed by atoms with E-state index in [1.54, 1.807) is 36.4 Å². The fourth-order valence-electron chi connectivity index (χ4n) is 4.07. The lowest BCUT2D eigenvalue weighted by molar-refractivity contribution is -0.136. The highest BCUT2D eigenvalue weighted by atomic mass is 16.2. The minimum Gasteiger partial charge on any atom is -0.319 e. The zero-order valence-electron chi connectivity index (χ0n) is 18.8. The molecule has 0 aromatic heterocycles. The third kappa shape index (κ3) is 5.18. The standard InChI is InChI=1S/C30H25NO3/c1-21-17-19-24(20-18-21)28(32)27(29(33)30(34)31-25-15-9-4-10-16-25)26(22-11-5-2-6-12-22)23-13-7-3-8-14-23/h2-20,26-27H,1H3,(H,31,34). The number of Topliss-reactive ketones (excluding diaryl/α,β-unsaturated/α-hetero) is 2. The zero-order valence-corrected chi connectivity index (χ0v) is 18.8. The third-order valence-electron chi connectivity index (χ3n) is 5.81. The molecule has 4 aromatic carbocycles. The van der Waals surface area contributed by atoms with E-state index in [9.17, 15) is 14.4 Å². The van der Waals surface area contributed by atoms with Gasteiger partial charge in [0.15, 0.2) is 5.78 Å². The first-order chi connectivity index (χ1) is 16.5. The molecule has 0 aliphatic carbocycles. The van der Waals surface area contributed by atoms with Gasteiger partial charge in [-0.15, -0.1) is 0 Å². The molecule has 34 heavy (non-hydrogen) atoms. The number of para-hydroxylation sites is 1. The molecule has 1 unspecified atom stereocenters. The minimum atomic E-state index is -1.23. The number of amides is 1. The molecular formula is C30H25NO3. The zero-order chi connectivity index (χ0) is 23.9. The lowest BCUT2D eigenvalue weighted by atomic mass is 9.74. The van der Waals surface area contributed by atoms with E-state index in [2.05, 4.69) is 5.32 Å². The molecule has 0 saturated heterocycles. The van der Waals surface area contributed by atoms with Crippen molar-refractivity contribution >= 4 is 23.2 Å². The van der Waals surface area contributed by atoms with Crippen LogP contribution in [0.1, 0.15) is 33.0 Å². The SMILES string of the molecule is Cc1ccc(C(=O)C(C(=O)C(=O)Nc2ccccc2)C(c2ccccc2)c2ccccc2)cc1. The highest BCUT2D eigenvalue weighted by Crippen LogP contribution is 2.35. The fourth-order valence-corrected chi connectivity index (χ4v) is 4.07. The molecule has 0 aliphatic rings. The number of carbonyl (C=O) groups is 3. The molecule has 0 spiro atoms. The van der Waals surface area contributed by atoms with Crippen LogP contribution in [-0.4, -0.2) is 17.5 Å². The van der Waals surface area contributed by atoms with E-state index in [0.29, 0.717) is 11.3 Å². The molecule has 4 heteroatoms. The predicted octanol–water partition coefficient (Wildman–Crippen LogP) is 5.83. The Bertz CT molecular complexity index is 1230. The molecule has 168 valence electrons. The first-order valence-electron chi connectivity index (χ1n) is 11.2. The van der Waals surface area contributed by atoms with E-state index in [-0.39, 0.29) is 5.78 Å². The molecule has 0 fully saturated rings. The molecular weight excluding hydrogens is 422 g/mol. The van der Waals surface area contributed by atoms with Crippen LogP contribution in [-0.2, 0) is 9.59 Å². The summed E-state index contributed by atoms with van der Waals surface area (Å²) in [6, 6.07) is 34.6. The number of hydrogen-bond acceptors (Lipinski definition) is 3. The van der Waals surface area contributed by atoms with Crippen LogP contribution in [0, 0.1) is 12.8 Å². The number of benzene rings is 4. The second kappa shape index (κ2) is 10.5. The monoisotopic (exact) mass is 447 g/mol. The maximum absolute atomic E-state index is 13.8. The summed E-state index contributed by atoms with van der Waals surface area (Å²) in [4.78, 5) is 40.6. The molecule has 0 saturated carbocycles. The smallest absolute Gasteiger partial charge is 0.292 e. The van der Waals surface area contributed by atoms with Crippen LogP contribution in [0.3, 0.4) is 0 Å². The maximum Gasteiger partial charge on any atom is 0.292 e. The molecule has 0 radical (unpaired) electrons. The molecule has 4 rings (SSSR count). The van der Waals surface area contributed by atoms with Gasteiger partial charge < -0.3 is 5.32 Å². The molecule has 0 heterocycles. The normalized spacial score (nSPS) is 11.6. The lowest BCUT2D eigenvalue weighted by Crippen LogP contribution is -2.38. The van der Waals surface area contributed by atoms with Crippen LogP contribution in [0.4, 0.5) is 5.69 Å². The van der Waals surface area contributed by atoms with Crippen molar-refractivity contribution in [2.75, 3.05) is 5.32 Å². The van der Waals surface area contributed by atoms with Gasteiger partial charge in [-0.05, 0) is 30.2 Å². The topological polar surface area (TPSA) is 63.2 Å². The van der Waals surface area contributed by atoms with Gasteiger partial charge in [0.1, 0.15) is 5.92 Å². The first kappa shape index (κ1) is 22.9. The second-order valence-corrected chi connectivity index (χ2v) is 8.19. The van der Waals surface area contributed by atoms with Crippen LogP contribution in [0.15, 0.2) is 115 Å². The Morgan fingerprint density at radius 3 is 1.59 bits per heavy atom. The van der Waals surface area contributed by atoms with Crippen LogP contribution in [0.5, 0.6) is 0 Å². The molecule has 1 amide bonds. The Hall–Kier alpha value is -4.31. The summed E-state index contributed by atoms with van der Waals surface area (Å²) in [7, 11) is 0. The van der Waals surface area contributed by atoms with Gasteiger partial charge in [0.25, 0.3) is 5.91 Å². The average molecular weight is 448 g/mol. The van der Waals surface area contributed by atoms with E-state index in [4.69, 9.17) is 0 Å². The van der Waals surface area contributed by atoms with Gasteiger partial charge in [-0.1, -0.05) is 109 Å². The van der Waals surface area contributed by atoms with Gasteiger partial charge in [0.2, 0.25) is 5.78 Å². The first-order valence-corrected chi connectivity index (χ1v) is 11.2. The van der Waals surface area contributed by atoms with Gasteiger partial charge >= 0.3 is 0 Å². The fraction of sp³-hybridized carbons (Fsp3) is 0.100. The third-order valence-corrected chi connectivity index (χ3v) is 5.81. The summed E-state index contributed by atoms with van der Waals surface area (Å²) in [5.74, 6) is -3.81. The Morgan fingerprint density at radius 1 is 0.618 bits per heavy atom. The molecule has 0 aliphatic heterocycles. The number of anilines is 1. The summed E-state index contributed by atoms with van der Waals surface area (Å²) >= 11 is 0. The number of rotatable bonds is 8. The molecule has 1 N–H and O–H groups in total. The van der Waals surface area contributed by atoms with Crippen molar-refractivity contribution in [2.24, 2.45) is 5.92 Å². The summed E-state index contributed by atoms with van der Waals surface area (Å²) in [5, 5.41) is 2.65. The largest absolute Gasteiger partial charge is 0.319 e. The number of nitrogens with one attached hydrogen (secondary N) is 1. The van der Waals surface area contributed by atoms with Crippen LogP contribution in [0.2, 0.25) is 0 Å². The van der Waals surface area contributed by atoms with Gasteiger partial charge in [-0.25, -0.2) is 0 Å². The number of hydrogen-bond donors (Lipinski definition) is 1. The highest BCUT2D eigenvalue weighted by Gasteiger charge is 2.40. The van der Waals surface area contributed by atoms with Gasteiger partial charge in [-0.2, -0.15) is 0 Å². The van der Waals surface area contributed by atoms with E-state index >= 15 is 0 Å². The quantitative estimate of drug-likeness (QED) is 0.210. The molecule has 0 bridgehead atoms. The van der Waals surface area contributed by atoms with Crippen LogP contribution in [0.25, 0.3) is 0 Å². The Morgan fingerprint density at radius 2 is 1.09 bits per heavy atom. The summed E-state index contributed by atoms with van der Waals surface area (Å²) in [6.45, 7) is 1.93. The van der Waals surface area contributed by atoms with Crippen molar-refractivity contribution in [3.8, 4) is 0 Å². The number of carbonyl (C=O) groups excluding carboxylic acids is 3. The van der Waals surface area contributed by atoms with Crippen molar-refractivity contribution in [1.82, 2.24) is 0 Å². The van der Waals surface area contributed by atoms with Gasteiger partial charge in [0.05, 0.1) is 0 Å². The van der Waals surface area contributed by atoms with Crippen molar-refractivity contribution in [2.45, 2.75) is 12.8 Å². The van der Waals surface area contributed by atoms with E-state index < -0.39 is 23.5 Å². The summed E-state index contributed by atoms with van der Waals surface area (Å²) in [5.41, 5.74) is 3.48. The van der Waals surface area contributed by atoms with Gasteiger partial charge in [-0.3, -0.25) is 14.4 Å². The average Bonchev–Trinajstić information content (AvgIpc) is 2.88. The van der Waals surface area contributed by atoms with Gasteiger partial charge in [0, 0.05) is 17.2 Å². The Balaban J connectivity index is 1.81. The molecule has 1 atom stereocenters. The molecule has 4 aromatic rings. The summed E-state index contributed by atoms with van der Waals surface area (Å²) in [6.07, 6.45) is 0. The minimum absolute atomic E-state index is 0.383.